The van der Waals surface area contributed by atoms with Gasteiger partial charge < -0.3 is 35.8 Å². The molecule has 5 N–H and O–H groups in total. The van der Waals surface area contributed by atoms with Gasteiger partial charge in [0.2, 0.25) is 0 Å². The van der Waals surface area contributed by atoms with E-state index in [2.05, 4.69) is 25.2 Å². The number of methoxy groups -OCH3 is 1. The molecule has 1 aliphatic carbocycles. The molecule has 15 heteroatoms. The first-order chi connectivity index (χ1) is 24.1. The van der Waals surface area contributed by atoms with Crippen LogP contribution in [0.1, 0.15) is 35.0 Å². The molecule has 0 radical (unpaired) electrons. The van der Waals surface area contributed by atoms with E-state index < -0.39 is 11.7 Å². The smallest absolute Gasteiger partial charge is 0.262 e. The standard InChI is InChI=1S/C35H32ClN7O5S2/c1-42-16-22(19-10-20(45)12-21(11-19)48-2)31(46)29(25(42)17-44)34(47)41-23-4-3-5-26(30(23)36)50-28-15-38-27(14-39-28)43-8-6-35(7-9-43)13-24-32(33(35)37)49-18-40-24/h3-5,10-12,14-16,18,33,45-46H,6-9,13,37H2,1-2H3,(H,41,47)/t33-/m1/s1. The van der Waals surface area contributed by atoms with Gasteiger partial charge in [0.15, 0.2) is 5.94 Å². The number of hydrogen-bond acceptors (Lipinski definition) is 13. The molecule has 0 bridgehead atoms. The monoisotopic (exact) mass is 729 g/mol. The summed E-state index contributed by atoms with van der Waals surface area (Å²) in [6, 6.07) is 9.54. The second-order valence-corrected chi connectivity index (χ2v) is 14.6. The summed E-state index contributed by atoms with van der Waals surface area (Å²) in [5, 5.41) is 25.0. The van der Waals surface area contributed by atoms with Crippen molar-refractivity contribution >= 4 is 63.6 Å². The molecule has 1 amide bonds. The van der Waals surface area contributed by atoms with Crippen LogP contribution in [0.3, 0.4) is 0 Å². The molecular formula is C35H32ClN7O5S2. The number of hydrogen-bond donors (Lipinski definition) is 4. The van der Waals surface area contributed by atoms with E-state index in [1.165, 1.54) is 47.0 Å². The maximum Gasteiger partial charge on any atom is 0.262 e. The first-order valence-electron chi connectivity index (χ1n) is 15.7. The molecule has 0 saturated carbocycles. The van der Waals surface area contributed by atoms with Crippen LogP contribution in [0.4, 0.5) is 11.5 Å². The number of carbonyl (C=O) groups excluding carboxylic acids is 2. The number of thiazole rings is 1. The van der Waals surface area contributed by atoms with Crippen LogP contribution >= 0.6 is 34.7 Å². The number of likely N-dealkylation sites (N-methyl/N-ethyl adjacent to an activating group) is 1. The number of aromatic nitrogens is 3. The van der Waals surface area contributed by atoms with E-state index in [1.54, 1.807) is 61.0 Å². The molecule has 2 aromatic carbocycles. The van der Waals surface area contributed by atoms with E-state index in [1.807, 2.05) is 5.51 Å². The molecule has 50 heavy (non-hydrogen) atoms. The molecule has 1 fully saturated rings. The summed E-state index contributed by atoms with van der Waals surface area (Å²) < 4.78 is 5.23. The van der Waals surface area contributed by atoms with Crippen molar-refractivity contribution in [2.24, 2.45) is 11.1 Å². The normalized spacial score (nSPS) is 18.2. The Bertz CT molecular complexity index is 2100. The first kappa shape index (κ1) is 33.6. The van der Waals surface area contributed by atoms with E-state index in [4.69, 9.17) is 22.1 Å². The maximum absolute atomic E-state index is 13.7. The fourth-order valence-corrected chi connectivity index (χ4v) is 8.73. The van der Waals surface area contributed by atoms with Crippen LogP contribution in [0.2, 0.25) is 5.02 Å². The molecule has 4 aromatic rings. The van der Waals surface area contributed by atoms with E-state index >= 15 is 0 Å². The van der Waals surface area contributed by atoms with E-state index in [0.29, 0.717) is 21.2 Å². The van der Waals surface area contributed by atoms with Gasteiger partial charge in [-0.15, -0.1) is 11.3 Å². The summed E-state index contributed by atoms with van der Waals surface area (Å²) in [6.07, 6.45) is 7.76. The summed E-state index contributed by atoms with van der Waals surface area (Å²) >= 11 is 9.71. The van der Waals surface area contributed by atoms with Crippen LogP contribution in [0.5, 0.6) is 11.5 Å². The zero-order valence-electron chi connectivity index (χ0n) is 27.0. The van der Waals surface area contributed by atoms with E-state index in [-0.39, 0.29) is 44.8 Å². The fourth-order valence-electron chi connectivity index (χ4n) is 6.71. The predicted molar refractivity (Wildman–Crippen MR) is 192 cm³/mol. The molecule has 1 saturated heterocycles. The number of nitrogens with one attached hydrogen (secondary N) is 1. The molecule has 4 heterocycles. The lowest BCUT2D eigenvalue weighted by molar-refractivity contribution is -0.112. The van der Waals surface area contributed by atoms with Crippen LogP contribution in [-0.4, -0.2) is 69.2 Å². The largest absolute Gasteiger partial charge is 0.508 e. The third kappa shape index (κ3) is 6.10. The van der Waals surface area contributed by atoms with E-state index in [9.17, 15) is 19.8 Å². The number of aliphatic hydroxyl groups is 1. The lowest BCUT2D eigenvalue weighted by Gasteiger charge is -2.42. The van der Waals surface area contributed by atoms with Crippen molar-refractivity contribution in [3.63, 3.8) is 0 Å². The number of phenolic OH excluding ortho intramolecular Hbond substituents is 1. The minimum atomic E-state index is -0.785. The Labute approximate surface area is 301 Å². The van der Waals surface area contributed by atoms with Crippen molar-refractivity contribution in [1.29, 1.82) is 0 Å². The number of nitrogens with two attached hydrogens (primary N) is 1. The quantitative estimate of drug-likeness (QED) is 0.171. The zero-order valence-corrected chi connectivity index (χ0v) is 29.4. The number of fused-ring (bicyclic) bond motifs is 1. The number of anilines is 2. The Hall–Kier alpha value is -4.85. The number of rotatable bonds is 7. The van der Waals surface area contributed by atoms with Gasteiger partial charge in [0, 0.05) is 53.8 Å². The average Bonchev–Trinajstić information content (AvgIpc) is 3.67. The highest BCUT2D eigenvalue weighted by atomic mass is 35.5. The van der Waals surface area contributed by atoms with Crippen molar-refractivity contribution in [2.75, 3.05) is 37.5 Å². The first-order valence-corrected chi connectivity index (χ1v) is 17.7. The van der Waals surface area contributed by atoms with Crippen LogP contribution in [0.15, 0.2) is 87.5 Å². The van der Waals surface area contributed by atoms with Gasteiger partial charge in [0.05, 0.1) is 41.4 Å². The number of carbonyl (C=O) groups is 1. The summed E-state index contributed by atoms with van der Waals surface area (Å²) in [4.78, 5) is 44.9. The number of aromatic hydroxyl groups is 1. The Morgan fingerprint density at radius 3 is 2.68 bits per heavy atom. The Morgan fingerprint density at radius 1 is 1.18 bits per heavy atom. The summed E-state index contributed by atoms with van der Waals surface area (Å²) in [5.41, 5.74) is 10.1. The number of ether oxygens (including phenoxy) is 1. The number of halogens is 1. The van der Waals surface area contributed by atoms with Gasteiger partial charge in [-0.3, -0.25) is 4.79 Å². The summed E-state index contributed by atoms with van der Waals surface area (Å²) in [7, 11) is 2.98. The molecule has 3 aliphatic rings. The minimum Gasteiger partial charge on any atom is -0.508 e. The highest BCUT2D eigenvalue weighted by Crippen LogP contribution is 2.52. The fraction of sp³-hybridized carbons (Fsp3) is 0.257. The Balaban J connectivity index is 1.05. The topological polar surface area (TPSA) is 167 Å². The van der Waals surface area contributed by atoms with Crippen LogP contribution in [-0.2, 0) is 16.0 Å². The lowest BCUT2D eigenvalue weighted by Crippen LogP contribution is -2.44. The molecule has 12 nitrogen and oxygen atoms in total. The molecule has 1 atom stereocenters. The van der Waals surface area contributed by atoms with Crippen molar-refractivity contribution < 1.29 is 24.5 Å². The Kier molecular flexibility index (Phi) is 9.06. The van der Waals surface area contributed by atoms with Gasteiger partial charge in [-0.05, 0) is 54.5 Å². The number of amides is 1. The van der Waals surface area contributed by atoms with Crippen molar-refractivity contribution in [2.45, 2.75) is 35.2 Å². The van der Waals surface area contributed by atoms with Crippen molar-refractivity contribution in [1.82, 2.24) is 19.9 Å². The number of benzene rings is 2. The molecule has 0 unspecified atom stereocenters. The second-order valence-electron chi connectivity index (χ2n) is 12.3. The summed E-state index contributed by atoms with van der Waals surface area (Å²) in [6.45, 7) is 1.67. The van der Waals surface area contributed by atoms with Gasteiger partial charge in [0.1, 0.15) is 39.4 Å². The van der Waals surface area contributed by atoms with Gasteiger partial charge in [-0.2, -0.15) is 0 Å². The molecule has 2 aromatic heterocycles. The highest BCUT2D eigenvalue weighted by Gasteiger charge is 2.47. The second kappa shape index (κ2) is 13.5. The predicted octanol–water partition coefficient (Wildman–Crippen LogP) is 5.75. The molecule has 2 aliphatic heterocycles. The van der Waals surface area contributed by atoms with Gasteiger partial charge in [-0.1, -0.05) is 29.4 Å². The third-order valence-electron chi connectivity index (χ3n) is 9.42. The highest BCUT2D eigenvalue weighted by molar-refractivity contribution is 7.99. The molecule has 256 valence electrons. The number of allylic oxidation sites excluding steroid dienone is 1. The third-order valence-corrected chi connectivity index (χ3v) is 11.9. The van der Waals surface area contributed by atoms with Gasteiger partial charge in [-0.25, -0.2) is 19.7 Å². The number of phenols is 1. The number of aliphatic hydroxyl groups excluding tert-OH is 1. The van der Waals surface area contributed by atoms with Crippen molar-refractivity contribution in [3.8, 4) is 11.5 Å². The molecule has 7 rings (SSSR count). The lowest BCUT2D eigenvalue weighted by atomic mass is 9.74. The average molecular weight is 730 g/mol. The van der Waals surface area contributed by atoms with Gasteiger partial charge >= 0.3 is 0 Å². The van der Waals surface area contributed by atoms with Gasteiger partial charge in [0.25, 0.3) is 5.91 Å². The SMILES string of the molecule is COc1cc(O)cc(C2=CN(C)C(=C=O)C(C(=O)Nc3cccc(Sc4cnc(N5CCC6(CC5)Cc5ncsc5[C@H]6N)cn4)c3Cl)=C2O)c1. The number of piperidine rings is 1. The zero-order chi connectivity index (χ0) is 35.2. The Morgan fingerprint density at radius 2 is 1.98 bits per heavy atom. The van der Waals surface area contributed by atoms with Crippen LogP contribution < -0.4 is 20.7 Å². The van der Waals surface area contributed by atoms with E-state index in [0.717, 1.165) is 43.9 Å². The van der Waals surface area contributed by atoms with Crippen molar-refractivity contribution in [3.05, 3.63) is 98.7 Å². The molecule has 1 spiro atoms. The minimum absolute atomic E-state index is 0.0286. The number of nitrogens with zero attached hydrogens (tertiary/aromatic N) is 5. The van der Waals surface area contributed by atoms with Crippen LogP contribution in [0.25, 0.3) is 5.57 Å². The molecular weight excluding hydrogens is 698 g/mol. The maximum atomic E-state index is 13.7. The summed E-state index contributed by atoms with van der Waals surface area (Å²) in [5.74, 6) is 1.50. The van der Waals surface area contributed by atoms with Crippen LogP contribution in [0, 0.1) is 5.41 Å².